The molecule has 15 heavy (non-hydrogen) atoms. The second-order valence-corrected chi connectivity index (χ2v) is 3.59. The highest BCUT2D eigenvalue weighted by atomic mass is 79.9. The van der Waals surface area contributed by atoms with Gasteiger partial charge in [-0.05, 0) is 24.9 Å². The van der Waals surface area contributed by atoms with E-state index >= 15 is 0 Å². The summed E-state index contributed by atoms with van der Waals surface area (Å²) in [6.45, 7) is 0. The summed E-state index contributed by atoms with van der Waals surface area (Å²) in [6.07, 6.45) is 1.28. The standard InChI is InChI=1S/C6H6O2.C3H8BBrO2/c7-5-3-1-2-4-6(5)8;5-3-1-2-4(6)7/h1-4,7-8H;6-7H,1-3H2. The molecule has 6 heteroatoms. The van der Waals surface area contributed by atoms with Crippen LogP contribution >= 0.6 is 15.9 Å². The minimum atomic E-state index is -1.13. The van der Waals surface area contributed by atoms with Crippen LogP contribution in [0.3, 0.4) is 0 Å². The average molecular weight is 277 g/mol. The van der Waals surface area contributed by atoms with E-state index in [4.69, 9.17) is 20.3 Å². The summed E-state index contributed by atoms with van der Waals surface area (Å²) in [6, 6.07) is 6.15. The van der Waals surface area contributed by atoms with Gasteiger partial charge in [-0.1, -0.05) is 28.1 Å². The van der Waals surface area contributed by atoms with Crippen LogP contribution in [-0.4, -0.2) is 32.7 Å². The van der Waals surface area contributed by atoms with Crippen molar-refractivity contribution in [3.8, 4) is 11.5 Å². The van der Waals surface area contributed by atoms with Crippen LogP contribution in [0, 0.1) is 0 Å². The monoisotopic (exact) mass is 276 g/mol. The van der Waals surface area contributed by atoms with Crippen molar-refractivity contribution in [2.75, 3.05) is 5.33 Å². The number of rotatable bonds is 3. The first-order valence-corrected chi connectivity index (χ1v) is 5.59. The van der Waals surface area contributed by atoms with Gasteiger partial charge in [0.15, 0.2) is 11.5 Å². The third-order valence-corrected chi connectivity index (χ3v) is 2.04. The molecular formula is C9H14BBrO4. The molecule has 0 saturated heterocycles. The van der Waals surface area contributed by atoms with Crippen LogP contribution < -0.4 is 0 Å². The number of phenols is 2. The van der Waals surface area contributed by atoms with Gasteiger partial charge >= 0.3 is 7.12 Å². The van der Waals surface area contributed by atoms with Gasteiger partial charge in [0.1, 0.15) is 0 Å². The zero-order valence-electron chi connectivity index (χ0n) is 8.17. The quantitative estimate of drug-likeness (QED) is 0.382. The minimum absolute atomic E-state index is 0.0764. The normalized spacial score (nSPS) is 9.00. The molecule has 0 heterocycles. The lowest BCUT2D eigenvalue weighted by Crippen LogP contribution is -2.09. The van der Waals surface area contributed by atoms with E-state index in [-0.39, 0.29) is 11.5 Å². The first-order chi connectivity index (χ1) is 7.07. The molecule has 4 nitrogen and oxygen atoms in total. The fraction of sp³-hybridized carbons (Fsp3) is 0.333. The first-order valence-electron chi connectivity index (χ1n) is 4.47. The molecule has 0 radical (unpaired) electrons. The van der Waals surface area contributed by atoms with Gasteiger partial charge in [-0.25, -0.2) is 0 Å². The predicted octanol–water partition coefficient (Wildman–Crippen LogP) is 1.34. The third-order valence-electron chi connectivity index (χ3n) is 1.48. The highest BCUT2D eigenvalue weighted by Crippen LogP contribution is 2.21. The van der Waals surface area contributed by atoms with E-state index < -0.39 is 7.12 Å². The van der Waals surface area contributed by atoms with Gasteiger partial charge < -0.3 is 20.3 Å². The smallest absolute Gasteiger partial charge is 0.451 e. The highest BCUT2D eigenvalue weighted by molar-refractivity contribution is 9.09. The van der Waals surface area contributed by atoms with Crippen molar-refractivity contribution in [1.29, 1.82) is 0 Å². The molecule has 0 amide bonds. The van der Waals surface area contributed by atoms with E-state index in [2.05, 4.69) is 15.9 Å². The van der Waals surface area contributed by atoms with Crippen molar-refractivity contribution >= 4 is 23.0 Å². The SMILES string of the molecule is OB(O)CCCBr.Oc1ccccc1O. The van der Waals surface area contributed by atoms with Gasteiger partial charge in [-0.2, -0.15) is 0 Å². The second-order valence-electron chi connectivity index (χ2n) is 2.80. The van der Waals surface area contributed by atoms with E-state index in [9.17, 15) is 0 Å². The Bertz CT molecular complexity index is 249. The van der Waals surface area contributed by atoms with Crippen LogP contribution in [-0.2, 0) is 0 Å². The number of phenolic OH excluding ortho intramolecular Hbond substituents is 2. The molecular weight excluding hydrogens is 263 g/mol. The Balaban J connectivity index is 0.000000265. The maximum Gasteiger partial charge on any atom is 0.451 e. The molecule has 0 aliphatic rings. The number of hydrogen-bond donors (Lipinski definition) is 4. The molecule has 0 bridgehead atoms. The molecule has 0 unspecified atom stereocenters. The van der Waals surface area contributed by atoms with Crippen LogP contribution in [0.15, 0.2) is 24.3 Å². The van der Waals surface area contributed by atoms with E-state index in [0.29, 0.717) is 6.32 Å². The van der Waals surface area contributed by atoms with Gasteiger partial charge in [0.25, 0.3) is 0 Å². The molecule has 0 saturated carbocycles. The van der Waals surface area contributed by atoms with Gasteiger partial charge in [0.2, 0.25) is 0 Å². The van der Waals surface area contributed by atoms with Gasteiger partial charge in [-0.15, -0.1) is 0 Å². The Morgan fingerprint density at radius 3 is 1.73 bits per heavy atom. The Morgan fingerprint density at radius 2 is 1.53 bits per heavy atom. The lowest BCUT2D eigenvalue weighted by atomic mass is 9.85. The summed E-state index contributed by atoms with van der Waals surface area (Å²) < 4.78 is 0. The number of aromatic hydroxyl groups is 2. The van der Waals surface area contributed by atoms with Crippen molar-refractivity contribution in [2.24, 2.45) is 0 Å². The molecule has 84 valence electrons. The van der Waals surface area contributed by atoms with Crippen molar-refractivity contribution in [1.82, 2.24) is 0 Å². The minimum Gasteiger partial charge on any atom is -0.504 e. The summed E-state index contributed by atoms with van der Waals surface area (Å²) in [4.78, 5) is 0. The fourth-order valence-electron chi connectivity index (χ4n) is 0.724. The number of halogens is 1. The van der Waals surface area contributed by atoms with Crippen molar-refractivity contribution in [2.45, 2.75) is 12.7 Å². The maximum atomic E-state index is 8.67. The summed E-state index contributed by atoms with van der Waals surface area (Å²) in [5.74, 6) is -0.153. The van der Waals surface area contributed by atoms with Crippen LogP contribution in [0.25, 0.3) is 0 Å². The molecule has 0 aromatic heterocycles. The molecule has 1 rings (SSSR count). The van der Waals surface area contributed by atoms with Gasteiger partial charge in [0.05, 0.1) is 0 Å². The van der Waals surface area contributed by atoms with Crippen LogP contribution in [0.2, 0.25) is 6.32 Å². The van der Waals surface area contributed by atoms with Crippen LogP contribution in [0.4, 0.5) is 0 Å². The zero-order chi connectivity index (χ0) is 11.7. The molecule has 0 fully saturated rings. The molecule has 1 aromatic carbocycles. The number of para-hydroxylation sites is 2. The molecule has 0 aliphatic heterocycles. The summed E-state index contributed by atoms with van der Waals surface area (Å²) >= 11 is 3.16. The second kappa shape index (κ2) is 8.58. The van der Waals surface area contributed by atoms with E-state index in [1.807, 2.05) is 0 Å². The van der Waals surface area contributed by atoms with Crippen molar-refractivity contribution in [3.63, 3.8) is 0 Å². The largest absolute Gasteiger partial charge is 0.504 e. The number of alkyl halides is 1. The number of hydrogen-bond acceptors (Lipinski definition) is 4. The van der Waals surface area contributed by atoms with E-state index in [1.54, 1.807) is 12.1 Å². The predicted molar refractivity (Wildman–Crippen MR) is 63.2 cm³/mol. The molecule has 0 spiro atoms. The molecule has 0 aliphatic carbocycles. The maximum absolute atomic E-state index is 8.67. The molecule has 1 aromatic rings. The van der Waals surface area contributed by atoms with Crippen LogP contribution in [0.5, 0.6) is 11.5 Å². The fourth-order valence-corrected chi connectivity index (χ4v) is 1.05. The Hall–Kier alpha value is -0.715. The Morgan fingerprint density at radius 1 is 1.07 bits per heavy atom. The van der Waals surface area contributed by atoms with E-state index in [1.165, 1.54) is 12.1 Å². The molecule has 4 N–H and O–H groups in total. The summed E-state index contributed by atoms with van der Waals surface area (Å²) in [5, 5.41) is 34.6. The zero-order valence-corrected chi connectivity index (χ0v) is 9.76. The molecule has 0 atom stereocenters. The number of benzene rings is 1. The lowest BCUT2D eigenvalue weighted by Gasteiger charge is -1.91. The van der Waals surface area contributed by atoms with Crippen molar-refractivity contribution < 1.29 is 20.3 Å². The van der Waals surface area contributed by atoms with Gasteiger partial charge in [-0.3, -0.25) is 0 Å². The topological polar surface area (TPSA) is 80.9 Å². The average Bonchev–Trinajstić information content (AvgIpc) is 2.20. The van der Waals surface area contributed by atoms with E-state index in [0.717, 1.165) is 11.8 Å². The third kappa shape index (κ3) is 8.29. The lowest BCUT2D eigenvalue weighted by molar-refractivity contribution is 0.404. The first kappa shape index (κ1) is 14.3. The van der Waals surface area contributed by atoms with Gasteiger partial charge in [0, 0.05) is 5.33 Å². The Labute approximate surface area is 97.5 Å². The van der Waals surface area contributed by atoms with Crippen LogP contribution in [0.1, 0.15) is 6.42 Å². The summed E-state index contributed by atoms with van der Waals surface area (Å²) in [5.41, 5.74) is 0. The summed E-state index contributed by atoms with van der Waals surface area (Å²) in [7, 11) is -1.13. The van der Waals surface area contributed by atoms with Crippen molar-refractivity contribution in [3.05, 3.63) is 24.3 Å². The Kier molecular flexibility index (Phi) is 8.17. The highest BCUT2D eigenvalue weighted by Gasteiger charge is 2.02.